The molecule has 0 spiro atoms. The van der Waals surface area contributed by atoms with Crippen molar-refractivity contribution < 1.29 is 18.8 Å². The predicted molar refractivity (Wildman–Crippen MR) is 113 cm³/mol. The first-order chi connectivity index (χ1) is 14.4. The van der Waals surface area contributed by atoms with Crippen LogP contribution in [0.25, 0.3) is 0 Å². The molecule has 2 aliphatic rings. The zero-order chi connectivity index (χ0) is 21.5. The minimum absolute atomic E-state index is 0.0205. The lowest BCUT2D eigenvalue weighted by atomic mass is 9.96. The van der Waals surface area contributed by atoms with E-state index in [9.17, 15) is 18.8 Å². The Labute approximate surface area is 176 Å². The first kappa shape index (κ1) is 21.9. The standard InChI is InChI=1S/C21H30FN5O3/c1-14(28)23-19-13-17(7-8-18(19)22)26-21(30)27-11-9-16(10-12-27)25-20(29)24-15-5-3-2-4-6-15/h7-8,13,15-16H,2-6,9-12H2,1H3,(H,23,28)(H,26,30)(H2,24,25,29). The van der Waals surface area contributed by atoms with Crippen LogP contribution in [0, 0.1) is 5.82 Å². The van der Waals surface area contributed by atoms with Crippen molar-refractivity contribution >= 4 is 29.3 Å². The number of carbonyl (C=O) groups excluding carboxylic acids is 3. The Morgan fingerprint density at radius 2 is 1.57 bits per heavy atom. The number of benzene rings is 1. The van der Waals surface area contributed by atoms with Gasteiger partial charge in [0.05, 0.1) is 5.69 Å². The molecule has 0 radical (unpaired) electrons. The lowest BCUT2D eigenvalue weighted by molar-refractivity contribution is -0.114. The van der Waals surface area contributed by atoms with E-state index >= 15 is 0 Å². The lowest BCUT2D eigenvalue weighted by Crippen LogP contribution is -2.51. The van der Waals surface area contributed by atoms with Gasteiger partial charge in [0, 0.05) is 37.8 Å². The van der Waals surface area contributed by atoms with E-state index in [0.717, 1.165) is 12.8 Å². The summed E-state index contributed by atoms with van der Waals surface area (Å²) in [6.07, 6.45) is 7.00. The van der Waals surface area contributed by atoms with Gasteiger partial charge in [0.15, 0.2) is 0 Å². The van der Waals surface area contributed by atoms with Crippen LogP contribution >= 0.6 is 0 Å². The van der Waals surface area contributed by atoms with E-state index in [2.05, 4.69) is 21.3 Å². The number of piperidine rings is 1. The smallest absolute Gasteiger partial charge is 0.321 e. The van der Waals surface area contributed by atoms with Crippen molar-refractivity contribution in [1.82, 2.24) is 15.5 Å². The van der Waals surface area contributed by atoms with Gasteiger partial charge in [0.25, 0.3) is 0 Å². The van der Waals surface area contributed by atoms with Crippen LogP contribution in [0.3, 0.4) is 0 Å². The lowest BCUT2D eigenvalue weighted by Gasteiger charge is -2.33. The summed E-state index contributed by atoms with van der Waals surface area (Å²) in [6, 6.07) is 3.92. The van der Waals surface area contributed by atoms with Gasteiger partial charge in [-0.3, -0.25) is 4.79 Å². The Balaban J connectivity index is 1.43. The zero-order valence-corrected chi connectivity index (χ0v) is 17.3. The molecule has 0 unspecified atom stereocenters. The fourth-order valence-corrected chi connectivity index (χ4v) is 3.98. The molecule has 1 aromatic carbocycles. The van der Waals surface area contributed by atoms with E-state index in [4.69, 9.17) is 0 Å². The van der Waals surface area contributed by atoms with Gasteiger partial charge in [0.1, 0.15) is 5.82 Å². The van der Waals surface area contributed by atoms with Crippen molar-refractivity contribution in [2.45, 2.75) is 64.0 Å². The number of anilines is 2. The van der Waals surface area contributed by atoms with Crippen LogP contribution in [0.2, 0.25) is 0 Å². The van der Waals surface area contributed by atoms with Crippen LogP contribution in [0.1, 0.15) is 51.9 Å². The third-order valence-corrected chi connectivity index (χ3v) is 5.59. The monoisotopic (exact) mass is 419 g/mol. The van der Waals surface area contributed by atoms with Crippen LogP contribution in [-0.4, -0.2) is 48.0 Å². The fraction of sp³-hybridized carbons (Fsp3) is 0.571. The first-order valence-corrected chi connectivity index (χ1v) is 10.6. The number of likely N-dealkylation sites (tertiary alicyclic amines) is 1. The summed E-state index contributed by atoms with van der Waals surface area (Å²) in [5.74, 6) is -0.957. The van der Waals surface area contributed by atoms with Crippen LogP contribution in [0.4, 0.5) is 25.4 Å². The number of hydrogen-bond acceptors (Lipinski definition) is 3. The number of halogens is 1. The molecule has 30 heavy (non-hydrogen) atoms. The van der Waals surface area contributed by atoms with Gasteiger partial charge < -0.3 is 26.2 Å². The average Bonchev–Trinajstić information content (AvgIpc) is 2.71. The van der Waals surface area contributed by atoms with Gasteiger partial charge >= 0.3 is 12.1 Å². The summed E-state index contributed by atoms with van der Waals surface area (Å²) in [5.41, 5.74) is 0.421. The van der Waals surface area contributed by atoms with E-state index < -0.39 is 5.82 Å². The molecule has 3 rings (SSSR count). The molecule has 1 saturated carbocycles. The van der Waals surface area contributed by atoms with Crippen molar-refractivity contribution in [3.05, 3.63) is 24.0 Å². The fourth-order valence-electron chi connectivity index (χ4n) is 3.98. The van der Waals surface area contributed by atoms with Gasteiger partial charge in [-0.25, -0.2) is 14.0 Å². The second-order valence-electron chi connectivity index (χ2n) is 8.02. The third-order valence-electron chi connectivity index (χ3n) is 5.59. The van der Waals surface area contributed by atoms with Crippen LogP contribution in [0.5, 0.6) is 0 Å². The second kappa shape index (κ2) is 10.3. The van der Waals surface area contributed by atoms with Gasteiger partial charge in [-0.15, -0.1) is 0 Å². The largest absolute Gasteiger partial charge is 0.335 e. The number of nitrogens with one attached hydrogen (secondary N) is 4. The first-order valence-electron chi connectivity index (χ1n) is 10.6. The number of carbonyl (C=O) groups is 3. The summed E-state index contributed by atoms with van der Waals surface area (Å²) in [4.78, 5) is 37.5. The number of amides is 5. The molecule has 164 valence electrons. The van der Waals surface area contributed by atoms with Crippen LogP contribution < -0.4 is 21.3 Å². The predicted octanol–water partition coefficient (Wildman–Crippen LogP) is 3.41. The van der Waals surface area contributed by atoms with Crippen molar-refractivity contribution in [2.75, 3.05) is 23.7 Å². The van der Waals surface area contributed by atoms with Gasteiger partial charge in [0.2, 0.25) is 5.91 Å². The topological polar surface area (TPSA) is 103 Å². The average molecular weight is 420 g/mol. The van der Waals surface area contributed by atoms with Crippen molar-refractivity contribution in [3.8, 4) is 0 Å². The minimum atomic E-state index is -0.568. The SMILES string of the molecule is CC(=O)Nc1cc(NC(=O)N2CCC(NC(=O)NC3CCCCC3)CC2)ccc1F. The molecule has 9 heteroatoms. The summed E-state index contributed by atoms with van der Waals surface area (Å²) in [6.45, 7) is 2.32. The minimum Gasteiger partial charge on any atom is -0.335 e. The van der Waals surface area contributed by atoms with E-state index in [1.54, 1.807) is 4.90 Å². The quantitative estimate of drug-likeness (QED) is 0.601. The number of nitrogens with zero attached hydrogens (tertiary/aromatic N) is 1. The highest BCUT2D eigenvalue weighted by Crippen LogP contribution is 2.21. The summed E-state index contributed by atoms with van der Waals surface area (Å²) >= 11 is 0. The highest BCUT2D eigenvalue weighted by atomic mass is 19.1. The molecule has 0 aromatic heterocycles. The molecule has 2 fully saturated rings. The summed E-state index contributed by atoms with van der Waals surface area (Å²) in [5, 5.41) is 11.2. The normalized spacial score (nSPS) is 17.9. The molecule has 1 saturated heterocycles. The number of rotatable bonds is 4. The highest BCUT2D eigenvalue weighted by Gasteiger charge is 2.25. The molecular weight excluding hydrogens is 389 g/mol. The Bertz CT molecular complexity index is 774. The van der Waals surface area contributed by atoms with Crippen LogP contribution in [0.15, 0.2) is 18.2 Å². The molecule has 4 N–H and O–H groups in total. The number of urea groups is 2. The highest BCUT2D eigenvalue weighted by molar-refractivity contribution is 5.92. The van der Waals surface area contributed by atoms with Crippen molar-refractivity contribution in [1.29, 1.82) is 0 Å². The molecule has 8 nitrogen and oxygen atoms in total. The Morgan fingerprint density at radius 1 is 0.933 bits per heavy atom. The van der Waals surface area contributed by atoms with E-state index in [-0.39, 0.29) is 35.7 Å². The molecule has 0 bridgehead atoms. The Hall–Kier alpha value is -2.84. The molecule has 0 atom stereocenters. The molecule has 1 aromatic rings. The van der Waals surface area contributed by atoms with Gasteiger partial charge in [-0.2, -0.15) is 0 Å². The Morgan fingerprint density at radius 3 is 2.20 bits per heavy atom. The third kappa shape index (κ3) is 6.33. The summed E-state index contributed by atoms with van der Waals surface area (Å²) < 4.78 is 13.7. The van der Waals surface area contributed by atoms with Gasteiger partial charge in [-0.1, -0.05) is 19.3 Å². The van der Waals surface area contributed by atoms with Crippen molar-refractivity contribution in [2.24, 2.45) is 0 Å². The van der Waals surface area contributed by atoms with E-state index in [1.807, 2.05) is 0 Å². The van der Waals surface area contributed by atoms with Crippen LogP contribution in [-0.2, 0) is 4.79 Å². The maximum Gasteiger partial charge on any atom is 0.321 e. The van der Waals surface area contributed by atoms with E-state index in [0.29, 0.717) is 31.6 Å². The maximum absolute atomic E-state index is 13.7. The molecular formula is C21H30FN5O3. The molecule has 5 amide bonds. The molecule has 1 aliphatic heterocycles. The molecule has 1 heterocycles. The van der Waals surface area contributed by atoms with E-state index in [1.165, 1.54) is 44.4 Å². The Kier molecular flexibility index (Phi) is 7.48. The maximum atomic E-state index is 13.7. The van der Waals surface area contributed by atoms with Gasteiger partial charge in [-0.05, 0) is 43.9 Å². The second-order valence-corrected chi connectivity index (χ2v) is 8.02. The van der Waals surface area contributed by atoms with Crippen molar-refractivity contribution in [3.63, 3.8) is 0 Å². The number of hydrogen-bond donors (Lipinski definition) is 4. The molecule has 1 aliphatic carbocycles. The summed E-state index contributed by atoms with van der Waals surface area (Å²) in [7, 11) is 0. The zero-order valence-electron chi connectivity index (χ0n) is 17.3.